The first kappa shape index (κ1) is 23.1. The summed E-state index contributed by atoms with van der Waals surface area (Å²) in [6, 6.07) is 5.46. The molecule has 2 aromatic rings. The molecule has 0 fully saturated rings. The van der Waals surface area contributed by atoms with E-state index < -0.39 is 5.91 Å². The number of hydrazone groups is 1. The minimum absolute atomic E-state index is 0.0167. The SMILES string of the molecule is COc1cc(OC)c(-n2c(C)cc(/C=C3\C(=N)N4N=C(C(C)C)SC4=NC3=O)c2C)cc1Cl. The number of hydrogen-bond acceptors (Lipinski definition) is 6. The van der Waals surface area contributed by atoms with Crippen LogP contribution < -0.4 is 9.47 Å². The number of aryl methyl sites for hydroxylation is 1. The predicted octanol–water partition coefficient (Wildman–Crippen LogP) is 5.04. The Balaban J connectivity index is 1.78. The summed E-state index contributed by atoms with van der Waals surface area (Å²) in [5.74, 6) is 0.861. The van der Waals surface area contributed by atoms with Crippen molar-refractivity contribution in [3.63, 3.8) is 0 Å². The third kappa shape index (κ3) is 3.95. The molecule has 2 aliphatic heterocycles. The summed E-state index contributed by atoms with van der Waals surface area (Å²) in [5, 5.41) is 16.2. The number of ether oxygens (including phenoxy) is 2. The van der Waals surface area contributed by atoms with Crippen LogP contribution >= 0.6 is 23.4 Å². The molecule has 1 aromatic heterocycles. The number of hydrogen-bond donors (Lipinski definition) is 1. The lowest BCUT2D eigenvalue weighted by molar-refractivity contribution is -0.114. The molecule has 0 saturated carbocycles. The molecule has 3 heterocycles. The highest BCUT2D eigenvalue weighted by atomic mass is 35.5. The molecule has 4 rings (SSSR count). The van der Waals surface area contributed by atoms with Crippen molar-refractivity contribution in [2.75, 3.05) is 14.2 Å². The molecule has 0 bridgehead atoms. The van der Waals surface area contributed by atoms with Gasteiger partial charge in [0.1, 0.15) is 16.5 Å². The molecule has 1 amide bonds. The van der Waals surface area contributed by atoms with Crippen LogP contribution in [0.25, 0.3) is 11.8 Å². The number of carbonyl (C=O) groups excluding carboxylic acids is 1. The number of methoxy groups -OCH3 is 2. The maximum Gasteiger partial charge on any atom is 0.283 e. The van der Waals surface area contributed by atoms with Gasteiger partial charge in [-0.1, -0.05) is 25.4 Å². The first-order valence-electron chi connectivity index (χ1n) is 10.3. The van der Waals surface area contributed by atoms with Crippen molar-refractivity contribution in [2.24, 2.45) is 16.0 Å². The van der Waals surface area contributed by atoms with E-state index in [-0.39, 0.29) is 17.3 Å². The number of halogens is 1. The Kier molecular flexibility index (Phi) is 6.11. The first-order valence-corrected chi connectivity index (χ1v) is 11.5. The number of amidine groups is 2. The number of carbonyl (C=O) groups is 1. The molecule has 0 atom stereocenters. The second-order valence-electron chi connectivity index (χ2n) is 7.93. The lowest BCUT2D eigenvalue weighted by atomic mass is 10.1. The van der Waals surface area contributed by atoms with Crippen LogP contribution in [0.5, 0.6) is 11.5 Å². The van der Waals surface area contributed by atoms with E-state index in [9.17, 15) is 4.79 Å². The molecule has 172 valence electrons. The Hall–Kier alpha value is -3.04. The van der Waals surface area contributed by atoms with Crippen LogP contribution in [-0.4, -0.2) is 45.7 Å². The van der Waals surface area contributed by atoms with Crippen LogP contribution in [0.15, 0.2) is 33.9 Å². The molecule has 0 radical (unpaired) electrons. The summed E-state index contributed by atoms with van der Waals surface area (Å²) in [6.07, 6.45) is 1.69. The normalized spacial score (nSPS) is 17.0. The lowest BCUT2D eigenvalue weighted by Crippen LogP contribution is -2.35. The van der Waals surface area contributed by atoms with Crippen molar-refractivity contribution in [1.29, 1.82) is 5.41 Å². The minimum Gasteiger partial charge on any atom is -0.495 e. The smallest absolute Gasteiger partial charge is 0.283 e. The fraction of sp³-hybridized carbons (Fsp3) is 0.304. The molecule has 2 aliphatic rings. The molecule has 0 spiro atoms. The molecular formula is C23H24ClN5O3S. The number of amides is 1. The zero-order chi connectivity index (χ0) is 24.0. The molecule has 0 saturated heterocycles. The molecule has 1 N–H and O–H groups in total. The largest absolute Gasteiger partial charge is 0.495 e. The van der Waals surface area contributed by atoms with Gasteiger partial charge in [0.05, 0.1) is 30.5 Å². The van der Waals surface area contributed by atoms with E-state index in [1.165, 1.54) is 16.8 Å². The van der Waals surface area contributed by atoms with E-state index >= 15 is 0 Å². The molecule has 0 aliphatic carbocycles. The van der Waals surface area contributed by atoms with Crippen LogP contribution in [0.3, 0.4) is 0 Å². The Morgan fingerprint density at radius 2 is 1.85 bits per heavy atom. The fourth-order valence-electron chi connectivity index (χ4n) is 3.72. The van der Waals surface area contributed by atoms with E-state index in [0.717, 1.165) is 27.7 Å². The van der Waals surface area contributed by atoms with Crippen molar-refractivity contribution in [2.45, 2.75) is 27.7 Å². The Bertz CT molecular complexity index is 1280. The van der Waals surface area contributed by atoms with Crippen molar-refractivity contribution in [1.82, 2.24) is 9.58 Å². The van der Waals surface area contributed by atoms with Gasteiger partial charge in [-0.2, -0.15) is 15.1 Å². The molecule has 8 nitrogen and oxygen atoms in total. The average Bonchev–Trinajstić information content (AvgIpc) is 3.31. The third-order valence-corrected chi connectivity index (χ3v) is 6.93. The Labute approximate surface area is 201 Å². The van der Waals surface area contributed by atoms with Gasteiger partial charge >= 0.3 is 0 Å². The molecule has 10 heteroatoms. The van der Waals surface area contributed by atoms with Crippen molar-refractivity contribution >= 4 is 51.4 Å². The zero-order valence-corrected chi connectivity index (χ0v) is 20.8. The van der Waals surface area contributed by atoms with Crippen LogP contribution in [-0.2, 0) is 4.79 Å². The van der Waals surface area contributed by atoms with Gasteiger partial charge in [-0.25, -0.2) is 0 Å². The summed E-state index contributed by atoms with van der Waals surface area (Å²) in [6.45, 7) is 7.92. The second kappa shape index (κ2) is 8.72. The highest BCUT2D eigenvalue weighted by Crippen LogP contribution is 2.37. The highest BCUT2D eigenvalue weighted by Gasteiger charge is 2.36. The molecule has 0 unspecified atom stereocenters. The number of thioether (sulfide) groups is 1. The van der Waals surface area contributed by atoms with Gasteiger partial charge in [-0.15, -0.1) is 0 Å². The van der Waals surface area contributed by atoms with Gasteiger partial charge in [0.2, 0.25) is 5.17 Å². The maximum absolute atomic E-state index is 12.8. The maximum atomic E-state index is 12.8. The van der Waals surface area contributed by atoms with Gasteiger partial charge in [-0.05, 0) is 49.4 Å². The summed E-state index contributed by atoms with van der Waals surface area (Å²) < 4.78 is 12.9. The van der Waals surface area contributed by atoms with Crippen LogP contribution in [0.2, 0.25) is 5.02 Å². The Morgan fingerprint density at radius 1 is 1.15 bits per heavy atom. The van der Waals surface area contributed by atoms with Gasteiger partial charge in [0.25, 0.3) is 5.91 Å². The number of aromatic nitrogens is 1. The van der Waals surface area contributed by atoms with Gasteiger partial charge < -0.3 is 14.0 Å². The number of rotatable bonds is 5. The number of nitrogens with one attached hydrogen (secondary N) is 1. The minimum atomic E-state index is -0.450. The standard InChI is InChI=1S/C23H24ClN5O3S/c1-11(2)22-27-29-20(25)15(21(30)26-23(29)33-22)8-14-7-12(3)28(13(14)4)17-9-16(24)18(31-5)10-19(17)32-6/h7-11,25H,1-6H3/b15-8+,25-20?. The highest BCUT2D eigenvalue weighted by molar-refractivity contribution is 8.27. The number of nitrogens with zero attached hydrogens (tertiary/aromatic N) is 4. The fourth-order valence-corrected chi connectivity index (χ4v) is 4.85. The summed E-state index contributed by atoms with van der Waals surface area (Å²) in [4.78, 5) is 16.9. The second-order valence-corrected chi connectivity index (χ2v) is 9.33. The first-order chi connectivity index (χ1) is 15.7. The van der Waals surface area contributed by atoms with Crippen molar-refractivity contribution < 1.29 is 14.3 Å². The van der Waals surface area contributed by atoms with Crippen LogP contribution in [0, 0.1) is 25.2 Å². The summed E-state index contributed by atoms with van der Waals surface area (Å²) in [7, 11) is 3.13. The van der Waals surface area contributed by atoms with Gasteiger partial charge in [-0.3, -0.25) is 10.2 Å². The van der Waals surface area contributed by atoms with E-state index in [1.54, 1.807) is 32.4 Å². The summed E-state index contributed by atoms with van der Waals surface area (Å²) >= 11 is 7.72. The third-order valence-electron chi connectivity index (χ3n) is 5.43. The van der Waals surface area contributed by atoms with Gasteiger partial charge in [0.15, 0.2) is 5.84 Å². The topological polar surface area (TPSA) is 92.3 Å². The number of benzene rings is 1. The monoisotopic (exact) mass is 485 g/mol. The number of fused-ring (bicyclic) bond motifs is 1. The van der Waals surface area contributed by atoms with E-state index in [4.69, 9.17) is 26.5 Å². The summed E-state index contributed by atoms with van der Waals surface area (Å²) in [5.41, 5.74) is 3.49. The molecule has 33 heavy (non-hydrogen) atoms. The van der Waals surface area contributed by atoms with E-state index in [1.807, 2.05) is 38.3 Å². The predicted molar refractivity (Wildman–Crippen MR) is 133 cm³/mol. The van der Waals surface area contributed by atoms with E-state index in [0.29, 0.717) is 21.7 Å². The van der Waals surface area contributed by atoms with Gasteiger partial charge in [0, 0.05) is 23.4 Å². The van der Waals surface area contributed by atoms with Crippen molar-refractivity contribution in [3.8, 4) is 17.2 Å². The number of aliphatic imine (C=N–C) groups is 1. The Morgan fingerprint density at radius 3 is 2.48 bits per heavy atom. The van der Waals surface area contributed by atoms with Crippen molar-refractivity contribution in [3.05, 3.63) is 45.7 Å². The molecule has 1 aromatic carbocycles. The quantitative estimate of drug-likeness (QED) is 0.599. The average molecular weight is 486 g/mol. The zero-order valence-electron chi connectivity index (χ0n) is 19.2. The van der Waals surface area contributed by atoms with Crippen LogP contribution in [0.1, 0.15) is 30.8 Å². The lowest BCUT2D eigenvalue weighted by Gasteiger charge is -2.20. The van der Waals surface area contributed by atoms with E-state index in [2.05, 4.69) is 10.1 Å². The molecular weight excluding hydrogens is 462 g/mol. The van der Waals surface area contributed by atoms with Crippen LogP contribution in [0.4, 0.5) is 0 Å².